The van der Waals surface area contributed by atoms with E-state index in [1.165, 1.54) is 17.7 Å². The molecule has 0 aliphatic heterocycles. The minimum atomic E-state index is 0.612. The molecule has 0 aromatic carbocycles. The van der Waals surface area contributed by atoms with Crippen LogP contribution in [0.2, 0.25) is 0 Å². The molecule has 0 atom stereocenters. The number of carbonyl (C=O) groups is 1. The first-order valence-electron chi connectivity index (χ1n) is 4.00. The maximum absolute atomic E-state index is 10.7. The molecule has 0 spiro atoms. The Kier molecular flexibility index (Phi) is 2.32. The van der Waals surface area contributed by atoms with Crippen molar-refractivity contribution in [1.82, 2.24) is 15.0 Å². The molecule has 0 fully saturated rings. The molecule has 0 radical (unpaired) electrons. The van der Waals surface area contributed by atoms with Gasteiger partial charge in [-0.25, -0.2) is 15.0 Å². The number of aromatic nitrogens is 3. The summed E-state index contributed by atoms with van der Waals surface area (Å²) in [6, 6.07) is 1.74. The number of hydrogen-bond donors (Lipinski definition) is 0. The highest BCUT2D eigenvalue weighted by Gasteiger charge is 2.10. The lowest BCUT2D eigenvalue weighted by Crippen LogP contribution is -1.87. The van der Waals surface area contributed by atoms with Gasteiger partial charge in [0.1, 0.15) is 12.0 Å². The number of thiazole rings is 1. The zero-order chi connectivity index (χ0) is 9.97. The van der Waals surface area contributed by atoms with E-state index in [2.05, 4.69) is 15.0 Å². The molecule has 4 nitrogen and oxygen atoms in total. The van der Waals surface area contributed by atoms with Crippen molar-refractivity contribution in [3.05, 3.63) is 28.5 Å². The quantitative estimate of drug-likeness (QED) is 0.700. The van der Waals surface area contributed by atoms with E-state index in [4.69, 9.17) is 0 Å². The van der Waals surface area contributed by atoms with Crippen LogP contribution in [-0.4, -0.2) is 21.2 Å². The minimum Gasteiger partial charge on any atom is -0.297 e. The molecule has 2 rings (SSSR count). The number of carbonyl (C=O) groups excluding carboxylic acids is 1. The predicted octanol–water partition coefficient (Wildman–Crippen LogP) is 1.72. The smallest absolute Gasteiger partial charge is 0.162 e. The van der Waals surface area contributed by atoms with Gasteiger partial charge in [0.05, 0.1) is 15.6 Å². The van der Waals surface area contributed by atoms with Crippen molar-refractivity contribution in [2.24, 2.45) is 0 Å². The highest BCUT2D eigenvalue weighted by atomic mass is 32.1. The summed E-state index contributed by atoms with van der Waals surface area (Å²) in [4.78, 5) is 23.5. The van der Waals surface area contributed by atoms with Gasteiger partial charge >= 0.3 is 0 Å². The number of hydrogen-bond acceptors (Lipinski definition) is 5. The Balaban J connectivity index is 2.56. The van der Waals surface area contributed by atoms with Gasteiger partial charge in [-0.1, -0.05) is 0 Å². The van der Waals surface area contributed by atoms with Crippen molar-refractivity contribution in [1.29, 1.82) is 0 Å². The number of aldehydes is 1. The summed E-state index contributed by atoms with van der Waals surface area (Å²) >= 11 is 1.37. The van der Waals surface area contributed by atoms with E-state index in [9.17, 15) is 4.79 Å². The van der Waals surface area contributed by atoms with Crippen molar-refractivity contribution >= 4 is 17.6 Å². The zero-order valence-electron chi connectivity index (χ0n) is 7.47. The summed E-state index contributed by atoms with van der Waals surface area (Å²) in [5.74, 6) is 0. The van der Waals surface area contributed by atoms with Crippen molar-refractivity contribution < 1.29 is 4.79 Å². The topological polar surface area (TPSA) is 55.7 Å². The third kappa shape index (κ3) is 1.54. The molecule has 0 saturated heterocycles. The number of nitrogens with zero attached hydrogens (tertiary/aromatic N) is 3. The molecule has 2 heterocycles. The second-order valence-corrected chi connectivity index (χ2v) is 3.89. The Morgan fingerprint density at radius 3 is 3.00 bits per heavy atom. The van der Waals surface area contributed by atoms with Crippen LogP contribution >= 0.6 is 11.3 Å². The molecule has 2 aromatic rings. The van der Waals surface area contributed by atoms with Crippen molar-refractivity contribution in [2.75, 3.05) is 0 Å². The molecule has 0 unspecified atom stereocenters. The van der Waals surface area contributed by atoms with Crippen LogP contribution in [0, 0.1) is 6.92 Å². The maximum Gasteiger partial charge on any atom is 0.162 e. The third-order valence-electron chi connectivity index (χ3n) is 1.69. The highest BCUT2D eigenvalue weighted by molar-refractivity contribution is 7.13. The second-order valence-electron chi connectivity index (χ2n) is 2.66. The van der Waals surface area contributed by atoms with Gasteiger partial charge in [-0.15, -0.1) is 11.3 Å². The Hall–Kier alpha value is -1.62. The summed E-state index contributed by atoms with van der Waals surface area (Å²) in [5.41, 5.74) is 1.33. The van der Waals surface area contributed by atoms with Crippen LogP contribution in [0.15, 0.2) is 18.6 Å². The first-order valence-corrected chi connectivity index (χ1v) is 4.82. The molecular weight excluding hydrogens is 198 g/mol. The normalized spacial score (nSPS) is 10.1. The predicted molar refractivity (Wildman–Crippen MR) is 53.3 cm³/mol. The molecule has 0 aliphatic rings. The Morgan fingerprint density at radius 2 is 2.36 bits per heavy atom. The Bertz CT molecular complexity index is 452. The van der Waals surface area contributed by atoms with Gasteiger partial charge in [0.15, 0.2) is 6.29 Å². The molecule has 2 aromatic heterocycles. The summed E-state index contributed by atoms with van der Waals surface area (Å²) in [6.45, 7) is 1.86. The summed E-state index contributed by atoms with van der Waals surface area (Å²) in [7, 11) is 0. The van der Waals surface area contributed by atoms with Crippen LogP contribution in [-0.2, 0) is 0 Å². The first kappa shape index (κ1) is 8.96. The van der Waals surface area contributed by atoms with Gasteiger partial charge in [-0.3, -0.25) is 4.79 Å². The SMILES string of the molecule is Cc1nc(-c2ccncn2)c(C=O)s1. The summed E-state index contributed by atoms with van der Waals surface area (Å²) in [5, 5.41) is 0.862. The largest absolute Gasteiger partial charge is 0.297 e. The van der Waals surface area contributed by atoms with Gasteiger partial charge in [0, 0.05) is 6.20 Å². The third-order valence-corrected chi connectivity index (χ3v) is 2.59. The van der Waals surface area contributed by atoms with Crippen molar-refractivity contribution in [3.8, 4) is 11.4 Å². The molecule has 0 amide bonds. The lowest BCUT2D eigenvalue weighted by molar-refractivity contribution is 0.112. The van der Waals surface area contributed by atoms with E-state index in [1.807, 2.05) is 6.92 Å². The maximum atomic E-state index is 10.7. The van der Waals surface area contributed by atoms with Gasteiger partial charge in [0.25, 0.3) is 0 Å². The molecule has 0 bridgehead atoms. The standard InChI is InChI=1S/C9H7N3OS/c1-6-12-9(8(4-13)14-6)7-2-3-10-5-11-7/h2-5H,1H3. The van der Waals surface area contributed by atoms with Gasteiger partial charge in [-0.2, -0.15) is 0 Å². The number of rotatable bonds is 2. The van der Waals surface area contributed by atoms with Crippen LogP contribution in [0.25, 0.3) is 11.4 Å². The lowest BCUT2D eigenvalue weighted by atomic mass is 10.3. The fourth-order valence-electron chi connectivity index (χ4n) is 1.14. The average molecular weight is 205 g/mol. The minimum absolute atomic E-state index is 0.612. The van der Waals surface area contributed by atoms with Crippen LogP contribution in [0.1, 0.15) is 14.7 Å². The Morgan fingerprint density at radius 1 is 1.50 bits per heavy atom. The average Bonchev–Trinajstić information content (AvgIpc) is 2.61. The molecule has 5 heteroatoms. The molecule has 0 saturated carbocycles. The van der Waals surface area contributed by atoms with E-state index in [0.29, 0.717) is 16.3 Å². The molecular formula is C9H7N3OS. The van der Waals surface area contributed by atoms with Crippen molar-refractivity contribution in [3.63, 3.8) is 0 Å². The van der Waals surface area contributed by atoms with E-state index >= 15 is 0 Å². The van der Waals surface area contributed by atoms with E-state index in [1.54, 1.807) is 12.3 Å². The molecule has 0 N–H and O–H groups in total. The highest BCUT2D eigenvalue weighted by Crippen LogP contribution is 2.24. The zero-order valence-corrected chi connectivity index (χ0v) is 8.28. The van der Waals surface area contributed by atoms with Gasteiger partial charge < -0.3 is 0 Å². The first-order chi connectivity index (χ1) is 6.81. The van der Waals surface area contributed by atoms with Gasteiger partial charge in [-0.05, 0) is 13.0 Å². The molecule has 70 valence electrons. The van der Waals surface area contributed by atoms with E-state index in [0.717, 1.165) is 11.3 Å². The fraction of sp³-hybridized carbons (Fsp3) is 0.111. The fourth-order valence-corrected chi connectivity index (χ4v) is 1.89. The van der Waals surface area contributed by atoms with Crippen LogP contribution in [0.3, 0.4) is 0 Å². The van der Waals surface area contributed by atoms with Crippen LogP contribution < -0.4 is 0 Å². The number of aryl methyl sites for hydroxylation is 1. The lowest BCUT2D eigenvalue weighted by Gasteiger charge is -1.94. The second kappa shape index (κ2) is 3.63. The monoisotopic (exact) mass is 205 g/mol. The summed E-state index contributed by atoms with van der Waals surface area (Å²) in [6.07, 6.45) is 3.88. The van der Waals surface area contributed by atoms with Gasteiger partial charge in [0.2, 0.25) is 0 Å². The van der Waals surface area contributed by atoms with E-state index < -0.39 is 0 Å². The molecule has 0 aliphatic carbocycles. The Labute approximate surface area is 84.7 Å². The van der Waals surface area contributed by atoms with E-state index in [-0.39, 0.29) is 0 Å². The molecule has 14 heavy (non-hydrogen) atoms. The summed E-state index contributed by atoms with van der Waals surface area (Å²) < 4.78 is 0. The van der Waals surface area contributed by atoms with Crippen LogP contribution in [0.5, 0.6) is 0 Å². The van der Waals surface area contributed by atoms with Crippen molar-refractivity contribution in [2.45, 2.75) is 6.92 Å². The van der Waals surface area contributed by atoms with Crippen LogP contribution in [0.4, 0.5) is 0 Å².